The lowest BCUT2D eigenvalue weighted by molar-refractivity contribution is 0.0535. The first-order valence-corrected chi connectivity index (χ1v) is 6.75. The van der Waals surface area contributed by atoms with E-state index in [2.05, 4.69) is 0 Å². The summed E-state index contributed by atoms with van der Waals surface area (Å²) in [5.41, 5.74) is 3.56. The highest BCUT2D eigenvalue weighted by molar-refractivity contribution is 6.07. The van der Waals surface area contributed by atoms with Gasteiger partial charge in [-0.25, -0.2) is 4.79 Å². The zero-order valence-corrected chi connectivity index (χ0v) is 11.2. The van der Waals surface area contributed by atoms with E-state index in [0.717, 1.165) is 27.5 Å². The van der Waals surface area contributed by atoms with Gasteiger partial charge in [0.15, 0.2) is 0 Å². The fourth-order valence-corrected chi connectivity index (χ4v) is 2.92. The smallest absolute Gasteiger partial charge is 0.338 e. The molecule has 21 heavy (non-hydrogen) atoms. The van der Waals surface area contributed by atoms with E-state index in [9.17, 15) is 9.90 Å². The van der Waals surface area contributed by atoms with Crippen LogP contribution in [0.1, 0.15) is 15.9 Å². The van der Waals surface area contributed by atoms with Crippen LogP contribution < -0.4 is 0 Å². The fourth-order valence-electron chi connectivity index (χ4n) is 2.92. The molecule has 1 N–H and O–H groups in total. The number of rotatable bonds is 1. The van der Waals surface area contributed by atoms with Gasteiger partial charge in [-0.3, -0.25) is 0 Å². The minimum atomic E-state index is -0.299. The molecule has 1 aliphatic heterocycles. The molecule has 0 saturated heterocycles. The van der Waals surface area contributed by atoms with Gasteiger partial charge in [-0.1, -0.05) is 36.4 Å². The minimum absolute atomic E-state index is 0.188. The third kappa shape index (κ3) is 1.78. The number of fused-ring (bicyclic) bond motifs is 2. The maximum Gasteiger partial charge on any atom is 0.338 e. The number of hydrogen-bond donors (Lipinski definition) is 1. The number of carbonyl (C=O) groups is 1. The van der Waals surface area contributed by atoms with Crippen LogP contribution >= 0.6 is 0 Å². The first-order valence-electron chi connectivity index (χ1n) is 6.75. The first-order chi connectivity index (χ1) is 10.2. The predicted octanol–water partition coefficient (Wildman–Crippen LogP) is 3.88. The highest BCUT2D eigenvalue weighted by atomic mass is 16.5. The van der Waals surface area contributed by atoms with Crippen molar-refractivity contribution in [3.8, 4) is 16.9 Å². The molecule has 4 rings (SSSR count). The number of benzene rings is 3. The van der Waals surface area contributed by atoms with Crippen LogP contribution in [0.4, 0.5) is 0 Å². The van der Waals surface area contributed by atoms with Crippen LogP contribution in [0.2, 0.25) is 0 Å². The van der Waals surface area contributed by atoms with Crippen LogP contribution in [0, 0.1) is 0 Å². The van der Waals surface area contributed by atoms with Crippen molar-refractivity contribution >= 4 is 16.7 Å². The number of cyclic esters (lactones) is 1. The molecule has 3 nitrogen and oxygen atoms in total. The summed E-state index contributed by atoms with van der Waals surface area (Å²) < 4.78 is 5.19. The van der Waals surface area contributed by atoms with Crippen LogP contribution in [0.25, 0.3) is 21.9 Å². The Labute approximate surface area is 121 Å². The molecule has 0 atom stereocenters. The first kappa shape index (κ1) is 12.0. The third-order valence-corrected chi connectivity index (χ3v) is 3.86. The molecular weight excluding hydrogens is 264 g/mol. The fraction of sp³-hybridized carbons (Fsp3) is 0.0556. The Kier molecular flexibility index (Phi) is 2.48. The average Bonchev–Trinajstić information content (AvgIpc) is 2.87. The van der Waals surface area contributed by atoms with Gasteiger partial charge < -0.3 is 9.84 Å². The molecule has 3 heteroatoms. The highest BCUT2D eigenvalue weighted by Gasteiger charge is 2.26. The summed E-state index contributed by atoms with van der Waals surface area (Å²) >= 11 is 0. The van der Waals surface area contributed by atoms with E-state index in [1.165, 1.54) is 0 Å². The van der Waals surface area contributed by atoms with E-state index in [1.54, 1.807) is 18.2 Å². The number of phenols is 1. The summed E-state index contributed by atoms with van der Waals surface area (Å²) in [7, 11) is 0. The van der Waals surface area contributed by atoms with Gasteiger partial charge >= 0.3 is 5.97 Å². The van der Waals surface area contributed by atoms with Gasteiger partial charge in [0.25, 0.3) is 0 Å². The van der Waals surface area contributed by atoms with Crippen LogP contribution in [0.3, 0.4) is 0 Å². The lowest BCUT2D eigenvalue weighted by atomic mass is 9.91. The predicted molar refractivity (Wildman–Crippen MR) is 80.2 cm³/mol. The topological polar surface area (TPSA) is 46.5 Å². The van der Waals surface area contributed by atoms with Crippen molar-refractivity contribution in [1.29, 1.82) is 0 Å². The second-order valence-corrected chi connectivity index (χ2v) is 5.13. The van der Waals surface area contributed by atoms with Gasteiger partial charge in [0.1, 0.15) is 12.4 Å². The molecule has 3 aromatic rings. The van der Waals surface area contributed by atoms with E-state index in [-0.39, 0.29) is 11.7 Å². The second-order valence-electron chi connectivity index (χ2n) is 5.13. The molecule has 0 spiro atoms. The van der Waals surface area contributed by atoms with Crippen molar-refractivity contribution in [2.24, 2.45) is 0 Å². The van der Waals surface area contributed by atoms with Crippen LogP contribution in [0.15, 0.2) is 54.6 Å². The Hall–Kier alpha value is -2.81. The summed E-state index contributed by atoms with van der Waals surface area (Å²) in [6.07, 6.45) is 0. The van der Waals surface area contributed by atoms with Gasteiger partial charge in [0.2, 0.25) is 0 Å². The third-order valence-electron chi connectivity index (χ3n) is 3.86. The van der Waals surface area contributed by atoms with Gasteiger partial charge in [0.05, 0.1) is 5.56 Å². The molecule has 1 heterocycles. The molecule has 3 aromatic carbocycles. The van der Waals surface area contributed by atoms with Crippen molar-refractivity contribution in [2.45, 2.75) is 6.61 Å². The Morgan fingerprint density at radius 2 is 1.81 bits per heavy atom. The van der Waals surface area contributed by atoms with E-state index in [4.69, 9.17) is 4.74 Å². The molecule has 0 radical (unpaired) electrons. The molecule has 0 fully saturated rings. The normalized spacial score (nSPS) is 13.2. The largest absolute Gasteiger partial charge is 0.508 e. The quantitative estimate of drug-likeness (QED) is 0.686. The van der Waals surface area contributed by atoms with Gasteiger partial charge in [-0.2, -0.15) is 0 Å². The van der Waals surface area contributed by atoms with Crippen molar-refractivity contribution in [3.05, 3.63) is 65.7 Å². The molecule has 1 aliphatic rings. The SMILES string of the molecule is O=C1OCc2c1cc1cc(O)ccc1c2-c1ccccc1. The summed E-state index contributed by atoms with van der Waals surface area (Å²) in [4.78, 5) is 11.9. The van der Waals surface area contributed by atoms with Crippen LogP contribution in [0.5, 0.6) is 5.75 Å². The number of ether oxygens (including phenoxy) is 1. The zero-order chi connectivity index (χ0) is 14.4. The Morgan fingerprint density at radius 1 is 1.00 bits per heavy atom. The summed E-state index contributed by atoms with van der Waals surface area (Å²) in [6, 6.07) is 17.0. The summed E-state index contributed by atoms with van der Waals surface area (Å²) in [5, 5.41) is 11.5. The molecular formula is C18H12O3. The van der Waals surface area contributed by atoms with E-state index in [0.29, 0.717) is 12.2 Å². The van der Waals surface area contributed by atoms with Crippen molar-refractivity contribution in [3.63, 3.8) is 0 Å². The maximum absolute atomic E-state index is 11.9. The Balaban J connectivity index is 2.15. The number of aromatic hydroxyl groups is 1. The molecule has 0 amide bonds. The summed E-state index contributed by atoms with van der Waals surface area (Å²) in [6.45, 7) is 0.301. The molecule has 0 bridgehead atoms. The number of esters is 1. The van der Waals surface area contributed by atoms with Crippen LogP contribution in [-0.4, -0.2) is 11.1 Å². The minimum Gasteiger partial charge on any atom is -0.508 e. The lowest BCUT2D eigenvalue weighted by Gasteiger charge is -2.11. The van der Waals surface area contributed by atoms with Gasteiger partial charge in [0, 0.05) is 5.56 Å². The van der Waals surface area contributed by atoms with E-state index in [1.807, 2.05) is 36.4 Å². The monoisotopic (exact) mass is 276 g/mol. The lowest BCUT2D eigenvalue weighted by Crippen LogP contribution is -1.95. The second kappa shape index (κ2) is 4.35. The highest BCUT2D eigenvalue weighted by Crippen LogP contribution is 2.38. The molecule has 0 aromatic heterocycles. The number of carbonyl (C=O) groups excluding carboxylic acids is 1. The zero-order valence-electron chi connectivity index (χ0n) is 11.2. The van der Waals surface area contributed by atoms with Gasteiger partial charge in [-0.15, -0.1) is 0 Å². The van der Waals surface area contributed by atoms with E-state index < -0.39 is 0 Å². The summed E-state index contributed by atoms with van der Waals surface area (Å²) in [5.74, 6) is -0.111. The van der Waals surface area contributed by atoms with Crippen molar-refractivity contribution < 1.29 is 14.6 Å². The Bertz CT molecular complexity index is 867. The molecule has 0 aliphatic carbocycles. The molecule has 102 valence electrons. The standard InChI is InChI=1S/C18H12O3/c19-13-6-7-14-12(8-13)9-15-16(10-21-18(15)20)17(14)11-4-2-1-3-5-11/h1-9,19H,10H2. The molecule has 0 unspecified atom stereocenters. The average molecular weight is 276 g/mol. The van der Waals surface area contributed by atoms with Crippen LogP contribution in [-0.2, 0) is 11.3 Å². The number of phenolic OH excluding ortho intramolecular Hbond substituents is 1. The number of hydrogen-bond acceptors (Lipinski definition) is 3. The van der Waals surface area contributed by atoms with E-state index >= 15 is 0 Å². The molecule has 0 saturated carbocycles. The maximum atomic E-state index is 11.9. The Morgan fingerprint density at radius 3 is 2.62 bits per heavy atom. The van der Waals surface area contributed by atoms with Gasteiger partial charge in [-0.05, 0) is 40.1 Å². The van der Waals surface area contributed by atoms with Crippen molar-refractivity contribution in [1.82, 2.24) is 0 Å². The van der Waals surface area contributed by atoms with Crippen molar-refractivity contribution in [2.75, 3.05) is 0 Å².